The second-order valence-electron chi connectivity index (χ2n) is 9.47. The molecule has 0 bridgehead atoms. The van der Waals surface area contributed by atoms with Crippen molar-refractivity contribution in [1.29, 1.82) is 0 Å². The van der Waals surface area contributed by atoms with E-state index in [0.717, 1.165) is 54.7 Å². The average molecular weight is 494 g/mol. The summed E-state index contributed by atoms with van der Waals surface area (Å²) in [5.41, 5.74) is 8.58. The van der Waals surface area contributed by atoms with Crippen molar-refractivity contribution in [3.05, 3.63) is 120 Å². The Morgan fingerprint density at radius 1 is 0.595 bits per heavy atom. The highest BCUT2D eigenvalue weighted by Crippen LogP contribution is 2.39. The van der Waals surface area contributed by atoms with E-state index in [1.165, 1.54) is 21.8 Å². The van der Waals surface area contributed by atoms with Gasteiger partial charge < -0.3 is 9.55 Å². The third kappa shape index (κ3) is 2.98. The summed E-state index contributed by atoms with van der Waals surface area (Å²) >= 11 is 7.04. The van der Waals surface area contributed by atoms with Gasteiger partial charge in [-0.05, 0) is 59.7 Å². The Morgan fingerprint density at radius 3 is 2.14 bits per heavy atom. The summed E-state index contributed by atoms with van der Waals surface area (Å²) in [5, 5.41) is 6.24. The van der Waals surface area contributed by atoms with Crippen LogP contribution in [-0.2, 0) is 0 Å². The number of H-pyrrole nitrogens is 1. The minimum Gasteiger partial charge on any atom is -0.339 e. The quantitative estimate of drug-likeness (QED) is 0.256. The smallest absolute Gasteiger partial charge is 0.140 e. The second kappa shape index (κ2) is 7.70. The van der Waals surface area contributed by atoms with Crippen LogP contribution in [0.3, 0.4) is 0 Å². The Labute approximate surface area is 217 Å². The molecule has 5 aromatic carbocycles. The number of fused-ring (bicyclic) bond motifs is 7. The number of hydrogen-bond acceptors (Lipinski definition) is 1. The van der Waals surface area contributed by atoms with Gasteiger partial charge in [0.05, 0.1) is 21.6 Å². The largest absolute Gasteiger partial charge is 0.339 e. The summed E-state index contributed by atoms with van der Waals surface area (Å²) in [5.74, 6) is 0. The lowest BCUT2D eigenvalue weighted by atomic mass is 10.0. The molecule has 0 aliphatic heterocycles. The van der Waals surface area contributed by atoms with Gasteiger partial charge in [0.25, 0.3) is 0 Å². The van der Waals surface area contributed by atoms with E-state index in [1.54, 1.807) is 0 Å². The molecule has 0 amide bonds. The fraction of sp³-hybridized carbons (Fsp3) is 0. The third-order valence-electron chi connectivity index (χ3n) is 7.39. The first-order valence-corrected chi connectivity index (χ1v) is 12.7. The van der Waals surface area contributed by atoms with E-state index in [-0.39, 0.29) is 0 Å². The predicted octanol–water partition coefficient (Wildman–Crippen LogP) is 9.29. The Morgan fingerprint density at radius 2 is 1.27 bits per heavy atom. The van der Waals surface area contributed by atoms with Gasteiger partial charge in [-0.15, -0.1) is 0 Å². The molecule has 0 unspecified atom stereocenters. The summed E-state index contributed by atoms with van der Waals surface area (Å²) in [6, 6.07) is 40.5. The van der Waals surface area contributed by atoms with Crippen molar-refractivity contribution in [3.63, 3.8) is 0 Å². The first kappa shape index (κ1) is 20.6. The molecular weight excluding hydrogens is 474 g/mol. The highest BCUT2D eigenvalue weighted by molar-refractivity contribution is 6.42. The number of nitrogens with zero attached hydrogens (tertiary/aromatic N) is 2. The molecule has 4 heteroatoms. The molecule has 3 aromatic heterocycles. The van der Waals surface area contributed by atoms with Crippen molar-refractivity contribution in [2.24, 2.45) is 0 Å². The van der Waals surface area contributed by atoms with Gasteiger partial charge in [-0.3, -0.25) is 0 Å². The number of para-hydroxylation sites is 3. The van der Waals surface area contributed by atoms with Crippen molar-refractivity contribution in [1.82, 2.24) is 14.5 Å². The van der Waals surface area contributed by atoms with E-state index in [2.05, 4.69) is 113 Å². The van der Waals surface area contributed by atoms with E-state index < -0.39 is 0 Å². The topological polar surface area (TPSA) is 33.6 Å². The molecule has 0 atom stereocenters. The Hall–Kier alpha value is -4.60. The lowest BCUT2D eigenvalue weighted by molar-refractivity contribution is 1.18. The molecule has 0 saturated heterocycles. The van der Waals surface area contributed by atoms with Crippen molar-refractivity contribution < 1.29 is 0 Å². The van der Waals surface area contributed by atoms with Gasteiger partial charge in [0.1, 0.15) is 5.65 Å². The van der Waals surface area contributed by atoms with E-state index in [0.29, 0.717) is 0 Å². The molecule has 0 spiro atoms. The van der Waals surface area contributed by atoms with Crippen LogP contribution in [0, 0.1) is 0 Å². The minimum absolute atomic E-state index is 0.737. The van der Waals surface area contributed by atoms with Crippen LogP contribution < -0.4 is 0 Å². The maximum absolute atomic E-state index is 7.04. The maximum atomic E-state index is 7.04. The first-order valence-electron chi connectivity index (χ1n) is 12.3. The van der Waals surface area contributed by atoms with Gasteiger partial charge in [0, 0.05) is 38.1 Å². The second-order valence-corrected chi connectivity index (χ2v) is 9.85. The number of rotatable bonds is 2. The molecule has 0 saturated carbocycles. The van der Waals surface area contributed by atoms with Crippen LogP contribution in [0.1, 0.15) is 0 Å². The number of aromatic nitrogens is 3. The van der Waals surface area contributed by atoms with E-state index in [4.69, 9.17) is 16.6 Å². The van der Waals surface area contributed by atoms with Crippen molar-refractivity contribution in [3.8, 4) is 16.8 Å². The molecule has 8 aromatic rings. The molecule has 0 aliphatic carbocycles. The van der Waals surface area contributed by atoms with Gasteiger partial charge in [0.15, 0.2) is 0 Å². The molecule has 8 rings (SSSR count). The van der Waals surface area contributed by atoms with Gasteiger partial charge in [0.2, 0.25) is 0 Å². The van der Waals surface area contributed by atoms with Gasteiger partial charge in [-0.1, -0.05) is 78.3 Å². The molecule has 3 heterocycles. The normalized spacial score (nSPS) is 11.9. The van der Waals surface area contributed by atoms with Crippen molar-refractivity contribution in [2.45, 2.75) is 0 Å². The highest BCUT2D eigenvalue weighted by Gasteiger charge is 2.16. The fourth-order valence-electron chi connectivity index (χ4n) is 5.69. The fourth-order valence-corrected chi connectivity index (χ4v) is 6.03. The zero-order chi connectivity index (χ0) is 24.5. The Balaban J connectivity index is 1.36. The van der Waals surface area contributed by atoms with Crippen molar-refractivity contribution >= 4 is 66.2 Å². The minimum atomic E-state index is 0.737. The van der Waals surface area contributed by atoms with Crippen LogP contribution in [0.2, 0.25) is 5.02 Å². The van der Waals surface area contributed by atoms with E-state index in [9.17, 15) is 0 Å². The van der Waals surface area contributed by atoms with Crippen LogP contribution in [0.4, 0.5) is 0 Å². The van der Waals surface area contributed by atoms with Gasteiger partial charge in [-0.25, -0.2) is 4.98 Å². The number of halogens is 1. The zero-order valence-electron chi connectivity index (χ0n) is 19.7. The van der Waals surface area contributed by atoms with Crippen LogP contribution >= 0.6 is 11.6 Å². The van der Waals surface area contributed by atoms with Crippen molar-refractivity contribution in [2.75, 3.05) is 0 Å². The molecule has 0 radical (unpaired) electrons. The van der Waals surface area contributed by atoms with Crippen LogP contribution in [0.15, 0.2) is 115 Å². The summed E-state index contributed by atoms with van der Waals surface area (Å²) in [6.45, 7) is 0. The van der Waals surface area contributed by atoms with Gasteiger partial charge >= 0.3 is 0 Å². The highest BCUT2D eigenvalue weighted by atomic mass is 35.5. The van der Waals surface area contributed by atoms with Crippen LogP contribution in [-0.4, -0.2) is 14.5 Å². The van der Waals surface area contributed by atoms with E-state index >= 15 is 0 Å². The SMILES string of the molecule is Clc1c2cc(-c3ccc4c(c3)c3ccccc3n4-c3ccccc3)ccc2nc2[nH]c3ccccc3c12. The number of benzene rings is 5. The summed E-state index contributed by atoms with van der Waals surface area (Å²) in [7, 11) is 0. The number of pyridine rings is 1. The lowest BCUT2D eigenvalue weighted by Crippen LogP contribution is -1.92. The van der Waals surface area contributed by atoms with Crippen LogP contribution in [0.25, 0.3) is 71.5 Å². The summed E-state index contributed by atoms with van der Waals surface area (Å²) < 4.78 is 2.34. The standard InChI is InChI=1S/C33H20ClN3/c34-32-26-19-20(14-16-28(26)36-33-31(32)24-11-4-6-12-27(24)35-33)21-15-17-30-25(18-21)23-10-5-7-13-29(23)37(30)22-8-2-1-3-9-22/h1-19H,(H,35,36). The average Bonchev–Trinajstić information content (AvgIpc) is 3.49. The Kier molecular flexibility index (Phi) is 4.28. The zero-order valence-corrected chi connectivity index (χ0v) is 20.5. The number of hydrogen-bond donors (Lipinski definition) is 1. The summed E-state index contributed by atoms with van der Waals surface area (Å²) in [4.78, 5) is 8.31. The molecule has 37 heavy (non-hydrogen) atoms. The lowest BCUT2D eigenvalue weighted by Gasteiger charge is -2.09. The van der Waals surface area contributed by atoms with Gasteiger partial charge in [-0.2, -0.15) is 0 Å². The third-order valence-corrected chi connectivity index (χ3v) is 7.78. The molecule has 1 N–H and O–H groups in total. The monoisotopic (exact) mass is 493 g/mol. The summed E-state index contributed by atoms with van der Waals surface area (Å²) in [6.07, 6.45) is 0. The molecule has 3 nitrogen and oxygen atoms in total. The maximum Gasteiger partial charge on any atom is 0.140 e. The number of aromatic amines is 1. The molecular formula is C33H20ClN3. The van der Waals surface area contributed by atoms with E-state index in [1.807, 2.05) is 12.1 Å². The first-order chi connectivity index (χ1) is 18.3. The van der Waals surface area contributed by atoms with Crippen LogP contribution in [0.5, 0.6) is 0 Å². The number of nitrogens with one attached hydrogen (secondary N) is 1. The predicted molar refractivity (Wildman–Crippen MR) is 156 cm³/mol. The molecule has 0 fully saturated rings. The molecule has 0 aliphatic rings. The molecule has 174 valence electrons. The Bertz CT molecular complexity index is 2150.